The Hall–Kier alpha value is -0.750. The minimum absolute atomic E-state index is 0.500. The molecule has 2 aromatic heterocycles. The molecule has 0 fully saturated rings. The van der Waals surface area contributed by atoms with Gasteiger partial charge < -0.3 is 0 Å². The topological polar surface area (TPSA) is 41.9 Å². The summed E-state index contributed by atoms with van der Waals surface area (Å²) in [5, 5.41) is 0.519. The monoisotopic (exact) mass is 342 g/mol. The first-order chi connectivity index (χ1) is 10.2. The van der Waals surface area contributed by atoms with Crippen LogP contribution >= 0.6 is 34.5 Å². The van der Waals surface area contributed by atoms with Gasteiger partial charge in [-0.1, -0.05) is 30.1 Å². The Morgan fingerprint density at radius 2 is 2.19 bits per heavy atom. The Balaban J connectivity index is 1.71. The van der Waals surface area contributed by atoms with Crippen molar-refractivity contribution in [1.29, 1.82) is 0 Å². The molecule has 1 aliphatic rings. The lowest BCUT2D eigenvalue weighted by molar-refractivity contribution is 0.244. The maximum absolute atomic E-state index is 6.08. The molecule has 0 aliphatic carbocycles. The second-order valence-electron chi connectivity index (χ2n) is 5.15. The molecule has 0 N–H and O–H groups in total. The van der Waals surface area contributed by atoms with E-state index in [1.807, 2.05) is 6.20 Å². The maximum Gasteiger partial charge on any atom is 0.185 e. The Labute approximate surface area is 138 Å². The molecule has 7 heteroatoms. The molecular formula is C14H16Cl2N4S. The van der Waals surface area contributed by atoms with Crippen LogP contribution in [0.25, 0.3) is 0 Å². The molecule has 0 saturated heterocycles. The average molecular weight is 343 g/mol. The van der Waals surface area contributed by atoms with Crippen molar-refractivity contribution >= 4 is 34.5 Å². The highest BCUT2D eigenvalue weighted by Crippen LogP contribution is 2.29. The lowest BCUT2D eigenvalue weighted by atomic mass is 10.1. The molecule has 112 valence electrons. The van der Waals surface area contributed by atoms with Gasteiger partial charge in [-0.15, -0.1) is 11.3 Å². The van der Waals surface area contributed by atoms with Crippen LogP contribution in [0, 0.1) is 0 Å². The van der Waals surface area contributed by atoms with E-state index in [1.54, 1.807) is 0 Å². The van der Waals surface area contributed by atoms with Crippen LogP contribution in [0.5, 0.6) is 0 Å². The quantitative estimate of drug-likeness (QED) is 0.848. The van der Waals surface area contributed by atoms with Crippen molar-refractivity contribution in [3.8, 4) is 0 Å². The third kappa shape index (κ3) is 3.54. The molecule has 0 unspecified atom stereocenters. The Morgan fingerprint density at radius 3 is 2.90 bits per heavy atom. The predicted octanol–water partition coefficient (Wildman–Crippen LogP) is 3.75. The normalized spacial score (nSPS) is 15.2. The summed E-state index contributed by atoms with van der Waals surface area (Å²) in [5.74, 6) is 0.960. The van der Waals surface area contributed by atoms with Crippen LogP contribution < -0.4 is 0 Å². The molecule has 4 nitrogen and oxygen atoms in total. The summed E-state index contributed by atoms with van der Waals surface area (Å²) in [6.07, 6.45) is 4.96. The zero-order valence-corrected chi connectivity index (χ0v) is 14.1. The molecule has 0 atom stereocenters. The number of hydrogen-bond donors (Lipinski definition) is 0. The van der Waals surface area contributed by atoms with Crippen LogP contribution in [0.15, 0.2) is 6.20 Å². The fourth-order valence-electron chi connectivity index (χ4n) is 2.50. The van der Waals surface area contributed by atoms with Gasteiger partial charge in [-0.25, -0.2) is 15.0 Å². The standard InChI is InChI=1S/C14H16Cl2N4S/c1-2-3-12-17-6-9-7-20(5-4-10(9)18-12)8-11-13(15)19-14(16)21-11/h6H,2-5,7-8H2,1H3. The molecular weight excluding hydrogens is 327 g/mol. The molecule has 2 aromatic rings. The van der Waals surface area contributed by atoms with Gasteiger partial charge >= 0.3 is 0 Å². The van der Waals surface area contributed by atoms with E-state index in [0.29, 0.717) is 9.62 Å². The number of nitrogens with zero attached hydrogens (tertiary/aromatic N) is 4. The molecule has 1 aliphatic heterocycles. The zero-order chi connectivity index (χ0) is 14.8. The smallest absolute Gasteiger partial charge is 0.185 e. The number of hydrogen-bond acceptors (Lipinski definition) is 5. The number of fused-ring (bicyclic) bond motifs is 1. The van der Waals surface area contributed by atoms with Crippen molar-refractivity contribution in [2.75, 3.05) is 6.54 Å². The minimum atomic E-state index is 0.500. The predicted molar refractivity (Wildman–Crippen MR) is 86.0 cm³/mol. The van der Waals surface area contributed by atoms with Crippen LogP contribution in [0.1, 0.15) is 35.3 Å². The number of halogens is 2. The number of aromatic nitrogens is 3. The first kappa shape index (κ1) is 15.2. The average Bonchev–Trinajstić information content (AvgIpc) is 2.77. The van der Waals surface area contributed by atoms with Crippen molar-refractivity contribution in [3.63, 3.8) is 0 Å². The van der Waals surface area contributed by atoms with Crippen molar-refractivity contribution in [2.24, 2.45) is 0 Å². The largest absolute Gasteiger partial charge is 0.293 e. The van der Waals surface area contributed by atoms with Gasteiger partial charge in [-0.3, -0.25) is 4.90 Å². The van der Waals surface area contributed by atoms with Crippen LogP contribution in [-0.4, -0.2) is 26.4 Å². The number of thiazole rings is 1. The van der Waals surface area contributed by atoms with Crippen molar-refractivity contribution in [3.05, 3.63) is 37.8 Å². The highest BCUT2D eigenvalue weighted by atomic mass is 35.5. The van der Waals surface area contributed by atoms with E-state index in [9.17, 15) is 0 Å². The number of aryl methyl sites for hydroxylation is 1. The Morgan fingerprint density at radius 1 is 1.33 bits per heavy atom. The molecule has 3 heterocycles. The van der Waals surface area contributed by atoms with Crippen molar-refractivity contribution < 1.29 is 0 Å². The van der Waals surface area contributed by atoms with Crippen molar-refractivity contribution in [2.45, 2.75) is 39.3 Å². The molecule has 21 heavy (non-hydrogen) atoms. The third-order valence-corrected chi connectivity index (χ3v) is 5.10. The molecule has 3 rings (SSSR count). The van der Waals surface area contributed by atoms with E-state index in [1.165, 1.54) is 22.6 Å². The summed E-state index contributed by atoms with van der Waals surface area (Å²) < 4.78 is 0.500. The second kappa shape index (κ2) is 6.57. The van der Waals surface area contributed by atoms with Gasteiger partial charge in [0.15, 0.2) is 4.47 Å². The SMILES string of the molecule is CCCc1ncc2c(n1)CCN(Cc1sc(Cl)nc1Cl)C2. The first-order valence-electron chi connectivity index (χ1n) is 7.02. The zero-order valence-electron chi connectivity index (χ0n) is 11.8. The van der Waals surface area contributed by atoms with Gasteiger partial charge in [0.25, 0.3) is 0 Å². The molecule has 0 bridgehead atoms. The molecule has 0 saturated carbocycles. The highest BCUT2D eigenvalue weighted by Gasteiger charge is 2.20. The van der Waals surface area contributed by atoms with Gasteiger partial charge in [0.05, 0.1) is 4.88 Å². The molecule has 0 radical (unpaired) electrons. The van der Waals surface area contributed by atoms with Crippen LogP contribution in [0.3, 0.4) is 0 Å². The minimum Gasteiger partial charge on any atom is -0.293 e. The summed E-state index contributed by atoms with van der Waals surface area (Å²) in [7, 11) is 0. The van der Waals surface area contributed by atoms with Crippen molar-refractivity contribution in [1.82, 2.24) is 19.9 Å². The van der Waals surface area contributed by atoms with E-state index in [0.717, 1.165) is 49.6 Å². The van der Waals surface area contributed by atoms with Gasteiger partial charge in [0.2, 0.25) is 0 Å². The molecule has 0 aromatic carbocycles. The van der Waals surface area contributed by atoms with Gasteiger partial charge in [0, 0.05) is 49.9 Å². The summed E-state index contributed by atoms with van der Waals surface area (Å²) in [6, 6.07) is 0. The highest BCUT2D eigenvalue weighted by molar-refractivity contribution is 7.16. The van der Waals surface area contributed by atoms with Crippen LogP contribution in [0.2, 0.25) is 9.62 Å². The van der Waals surface area contributed by atoms with E-state index in [4.69, 9.17) is 23.2 Å². The second-order valence-corrected chi connectivity index (χ2v) is 7.17. The fraction of sp³-hybridized carbons (Fsp3) is 0.500. The van der Waals surface area contributed by atoms with E-state index in [-0.39, 0.29) is 0 Å². The van der Waals surface area contributed by atoms with E-state index < -0.39 is 0 Å². The van der Waals surface area contributed by atoms with E-state index >= 15 is 0 Å². The Kier molecular flexibility index (Phi) is 4.74. The lowest BCUT2D eigenvalue weighted by Gasteiger charge is -2.27. The first-order valence-corrected chi connectivity index (χ1v) is 8.59. The third-order valence-electron chi connectivity index (χ3n) is 3.53. The number of rotatable bonds is 4. The fourth-order valence-corrected chi connectivity index (χ4v) is 3.94. The molecule has 0 spiro atoms. The Bertz CT molecular complexity index is 644. The maximum atomic E-state index is 6.08. The summed E-state index contributed by atoms with van der Waals surface area (Å²) in [4.78, 5) is 16.5. The van der Waals surface area contributed by atoms with Crippen LogP contribution in [0.4, 0.5) is 0 Å². The summed E-state index contributed by atoms with van der Waals surface area (Å²) >= 11 is 13.4. The lowest BCUT2D eigenvalue weighted by Crippen LogP contribution is -2.31. The summed E-state index contributed by atoms with van der Waals surface area (Å²) in [5.41, 5.74) is 2.41. The summed E-state index contributed by atoms with van der Waals surface area (Å²) in [6.45, 7) is 4.75. The van der Waals surface area contributed by atoms with Gasteiger partial charge in [0.1, 0.15) is 11.0 Å². The van der Waals surface area contributed by atoms with E-state index in [2.05, 4.69) is 26.8 Å². The van der Waals surface area contributed by atoms with Gasteiger partial charge in [-0.05, 0) is 6.42 Å². The van der Waals surface area contributed by atoms with Crippen LogP contribution in [-0.2, 0) is 25.9 Å². The molecule has 0 amide bonds. The van der Waals surface area contributed by atoms with Gasteiger partial charge in [-0.2, -0.15) is 0 Å².